The first-order valence-corrected chi connectivity index (χ1v) is 13.1. The predicted octanol–water partition coefficient (Wildman–Crippen LogP) is 5.04. The van der Waals surface area contributed by atoms with Crippen LogP contribution in [0.1, 0.15) is 6.92 Å². The van der Waals surface area contributed by atoms with Crippen LogP contribution in [0.25, 0.3) is 11.4 Å². The van der Waals surface area contributed by atoms with Crippen molar-refractivity contribution in [2.75, 3.05) is 17.7 Å². The minimum absolute atomic E-state index is 0.0103. The van der Waals surface area contributed by atoms with E-state index < -0.39 is 9.84 Å². The van der Waals surface area contributed by atoms with Crippen LogP contribution in [0.4, 0.5) is 5.69 Å². The van der Waals surface area contributed by atoms with Crippen LogP contribution in [0.3, 0.4) is 0 Å². The third kappa shape index (κ3) is 5.49. The van der Waals surface area contributed by atoms with Crippen LogP contribution in [0.15, 0.2) is 99.9 Å². The van der Waals surface area contributed by atoms with Crippen LogP contribution in [0.2, 0.25) is 0 Å². The van der Waals surface area contributed by atoms with Crippen LogP contribution >= 0.6 is 11.8 Å². The number of thioether (sulfide) groups is 1. The number of aromatic nitrogens is 2. The average molecular weight is 494 g/mol. The number of carbonyl (C=O) groups is 1. The minimum Gasteiger partial charge on any atom is -0.494 e. The van der Waals surface area contributed by atoms with Crippen molar-refractivity contribution in [1.29, 1.82) is 0 Å². The Morgan fingerprint density at radius 1 is 0.971 bits per heavy atom. The molecule has 0 unspecified atom stereocenters. The third-order valence-corrected chi connectivity index (χ3v) is 7.63. The van der Waals surface area contributed by atoms with E-state index in [1.807, 2.05) is 37.3 Å². The second kappa shape index (κ2) is 10.6. The van der Waals surface area contributed by atoms with Crippen molar-refractivity contribution in [1.82, 2.24) is 9.97 Å². The van der Waals surface area contributed by atoms with Crippen molar-refractivity contribution >= 4 is 33.2 Å². The number of amides is 1. The van der Waals surface area contributed by atoms with Crippen molar-refractivity contribution in [3.8, 4) is 17.1 Å². The summed E-state index contributed by atoms with van der Waals surface area (Å²) in [6.07, 6.45) is 0. The van der Waals surface area contributed by atoms with Crippen molar-refractivity contribution in [2.45, 2.75) is 21.9 Å². The first-order chi connectivity index (χ1) is 16.5. The van der Waals surface area contributed by atoms with E-state index in [9.17, 15) is 13.2 Å². The molecule has 34 heavy (non-hydrogen) atoms. The summed E-state index contributed by atoms with van der Waals surface area (Å²) in [6.45, 7) is 2.46. The molecule has 0 fully saturated rings. The lowest BCUT2D eigenvalue weighted by atomic mass is 10.2. The number of hydrogen-bond acceptors (Lipinski definition) is 6. The second-order valence-electron chi connectivity index (χ2n) is 7.20. The van der Waals surface area contributed by atoms with Crippen LogP contribution < -0.4 is 10.1 Å². The Morgan fingerprint density at radius 2 is 1.62 bits per heavy atom. The predicted molar refractivity (Wildman–Crippen MR) is 133 cm³/mol. The lowest BCUT2D eigenvalue weighted by Gasteiger charge is -2.07. The van der Waals surface area contributed by atoms with Gasteiger partial charge in [0.1, 0.15) is 16.6 Å². The maximum absolute atomic E-state index is 13.3. The van der Waals surface area contributed by atoms with Gasteiger partial charge in [0.05, 0.1) is 17.3 Å². The number of ether oxygens (including phenoxy) is 1. The number of rotatable bonds is 9. The smallest absolute Gasteiger partial charge is 0.234 e. The van der Waals surface area contributed by atoms with Gasteiger partial charge in [-0.2, -0.15) is 0 Å². The molecule has 0 spiro atoms. The van der Waals surface area contributed by atoms with Gasteiger partial charge in [-0.25, -0.2) is 13.4 Å². The molecule has 0 aliphatic carbocycles. The van der Waals surface area contributed by atoms with Gasteiger partial charge in [0, 0.05) is 11.3 Å². The summed E-state index contributed by atoms with van der Waals surface area (Å²) in [6, 6.07) is 24.4. The summed E-state index contributed by atoms with van der Waals surface area (Å²) in [5.41, 5.74) is 1.37. The molecule has 0 radical (unpaired) electrons. The molecule has 2 N–H and O–H groups in total. The topological polar surface area (TPSA) is 101 Å². The fourth-order valence-electron chi connectivity index (χ4n) is 3.20. The number of sulfone groups is 1. The van der Waals surface area contributed by atoms with Gasteiger partial charge in [0.25, 0.3) is 0 Å². The molecule has 0 bridgehead atoms. The summed E-state index contributed by atoms with van der Waals surface area (Å²) >= 11 is 1.06. The Balaban J connectivity index is 1.56. The molecule has 0 aliphatic heterocycles. The number of nitrogens with zero attached hydrogens (tertiary/aromatic N) is 1. The molecule has 4 aromatic rings. The molecule has 9 heteroatoms. The van der Waals surface area contributed by atoms with Crippen molar-refractivity contribution < 1.29 is 17.9 Å². The first kappa shape index (κ1) is 23.6. The summed E-state index contributed by atoms with van der Waals surface area (Å²) < 4.78 is 32.1. The van der Waals surface area contributed by atoms with Crippen LogP contribution in [0.5, 0.6) is 5.75 Å². The lowest BCUT2D eigenvalue weighted by Crippen LogP contribution is -2.14. The Bertz CT molecular complexity index is 1350. The molecule has 0 saturated heterocycles. The van der Waals surface area contributed by atoms with Gasteiger partial charge in [0.2, 0.25) is 15.7 Å². The SMILES string of the molecule is CCOc1ccc(NC(=O)CSc2nc(-c3ccccc3)[nH]c2S(=O)(=O)c2ccccc2)cc1. The zero-order valence-electron chi connectivity index (χ0n) is 18.4. The molecule has 4 rings (SSSR count). The fourth-order valence-corrected chi connectivity index (χ4v) is 5.65. The van der Waals surface area contributed by atoms with E-state index in [1.165, 1.54) is 12.1 Å². The summed E-state index contributed by atoms with van der Waals surface area (Å²) in [5.74, 6) is 0.852. The number of benzene rings is 3. The van der Waals surface area contributed by atoms with Gasteiger partial charge in [-0.3, -0.25) is 4.79 Å². The Kier molecular flexibility index (Phi) is 7.34. The maximum atomic E-state index is 13.3. The van der Waals surface area contributed by atoms with Crippen LogP contribution in [-0.4, -0.2) is 36.7 Å². The van der Waals surface area contributed by atoms with Gasteiger partial charge in [-0.05, 0) is 43.3 Å². The average Bonchev–Trinajstić information content (AvgIpc) is 3.31. The molecule has 1 aromatic heterocycles. The highest BCUT2D eigenvalue weighted by molar-refractivity contribution is 8.00. The highest BCUT2D eigenvalue weighted by Gasteiger charge is 2.26. The van der Waals surface area contributed by atoms with E-state index in [0.29, 0.717) is 18.1 Å². The number of nitrogens with one attached hydrogen (secondary N) is 2. The van der Waals surface area contributed by atoms with Crippen LogP contribution in [-0.2, 0) is 14.6 Å². The largest absolute Gasteiger partial charge is 0.494 e. The summed E-state index contributed by atoms with van der Waals surface area (Å²) in [4.78, 5) is 20.2. The Hall–Kier alpha value is -3.56. The van der Waals surface area contributed by atoms with Crippen molar-refractivity contribution in [3.63, 3.8) is 0 Å². The number of anilines is 1. The van der Waals surface area contributed by atoms with Crippen molar-refractivity contribution in [2.24, 2.45) is 0 Å². The van der Waals surface area contributed by atoms with Crippen LogP contribution in [0, 0.1) is 0 Å². The summed E-state index contributed by atoms with van der Waals surface area (Å²) in [7, 11) is -3.86. The molecule has 0 aliphatic rings. The van der Waals surface area contributed by atoms with Gasteiger partial charge >= 0.3 is 0 Å². The van der Waals surface area contributed by atoms with Gasteiger partial charge < -0.3 is 15.0 Å². The zero-order valence-corrected chi connectivity index (χ0v) is 20.0. The molecule has 0 saturated carbocycles. The first-order valence-electron chi connectivity index (χ1n) is 10.6. The van der Waals surface area contributed by atoms with E-state index in [-0.39, 0.29) is 26.6 Å². The van der Waals surface area contributed by atoms with Gasteiger partial charge in [0.15, 0.2) is 5.03 Å². The molecule has 0 atom stereocenters. The summed E-state index contributed by atoms with van der Waals surface area (Å²) in [5, 5.41) is 3.02. The number of imidazole rings is 1. The number of H-pyrrole nitrogens is 1. The third-order valence-electron chi connectivity index (χ3n) is 4.80. The zero-order chi connectivity index (χ0) is 24.0. The fraction of sp³-hybridized carbons (Fsp3) is 0.120. The standard InChI is InChI=1S/C25H23N3O4S2/c1-2-32-20-15-13-19(14-16-20)26-22(29)17-33-24-25(34(30,31)21-11-7-4-8-12-21)28-23(27-24)18-9-5-3-6-10-18/h3-16H,2,17H2,1H3,(H,26,29)(H,27,28). The van der Waals surface area contributed by atoms with E-state index in [1.54, 1.807) is 42.5 Å². The second-order valence-corrected chi connectivity index (χ2v) is 10.0. The van der Waals surface area contributed by atoms with E-state index in [4.69, 9.17) is 4.74 Å². The molecule has 3 aromatic carbocycles. The molecule has 7 nitrogen and oxygen atoms in total. The molecular weight excluding hydrogens is 470 g/mol. The van der Waals surface area contributed by atoms with E-state index in [0.717, 1.165) is 23.1 Å². The molecule has 174 valence electrons. The molecular formula is C25H23N3O4S2. The van der Waals surface area contributed by atoms with E-state index in [2.05, 4.69) is 15.3 Å². The Morgan fingerprint density at radius 3 is 2.26 bits per heavy atom. The molecule has 1 amide bonds. The normalized spacial score (nSPS) is 11.2. The van der Waals surface area contributed by atoms with Gasteiger partial charge in [-0.1, -0.05) is 60.3 Å². The van der Waals surface area contributed by atoms with Gasteiger partial charge in [-0.15, -0.1) is 0 Å². The number of aromatic amines is 1. The number of carbonyl (C=O) groups excluding carboxylic acids is 1. The highest BCUT2D eigenvalue weighted by Crippen LogP contribution is 2.32. The monoisotopic (exact) mass is 493 g/mol. The maximum Gasteiger partial charge on any atom is 0.234 e. The minimum atomic E-state index is -3.86. The lowest BCUT2D eigenvalue weighted by molar-refractivity contribution is -0.113. The quantitative estimate of drug-likeness (QED) is 0.317. The highest BCUT2D eigenvalue weighted by atomic mass is 32.2. The number of hydrogen-bond donors (Lipinski definition) is 2. The Labute approximate surface area is 202 Å². The van der Waals surface area contributed by atoms with E-state index >= 15 is 0 Å². The van der Waals surface area contributed by atoms with Crippen molar-refractivity contribution in [3.05, 3.63) is 84.9 Å². The molecule has 1 heterocycles.